The third-order valence-electron chi connectivity index (χ3n) is 2.06. The molecule has 1 aliphatic heterocycles. The Balaban J connectivity index is 1.88. The van der Waals surface area contributed by atoms with Gasteiger partial charge < -0.3 is 4.98 Å². The van der Waals surface area contributed by atoms with Gasteiger partial charge in [0.2, 0.25) is 0 Å². The van der Waals surface area contributed by atoms with Crippen LogP contribution in [0.15, 0.2) is 6.20 Å². The topological polar surface area (TPSA) is 31.9 Å². The first kappa shape index (κ1) is 7.73. The predicted molar refractivity (Wildman–Crippen MR) is 43.5 cm³/mol. The molecule has 0 atom stereocenters. The van der Waals surface area contributed by atoms with Crippen LogP contribution in [0.1, 0.15) is 11.5 Å². The molecule has 0 unspecified atom stereocenters. The van der Waals surface area contributed by atoms with Gasteiger partial charge in [-0.2, -0.15) is 0 Å². The van der Waals surface area contributed by atoms with E-state index in [-0.39, 0.29) is 0 Å². The first-order valence-corrected chi connectivity index (χ1v) is 4.11. The van der Waals surface area contributed by atoms with Crippen molar-refractivity contribution in [2.45, 2.75) is 19.6 Å². The van der Waals surface area contributed by atoms with E-state index in [4.69, 9.17) is 0 Å². The molecule has 2 rings (SSSR count). The summed E-state index contributed by atoms with van der Waals surface area (Å²) >= 11 is 0. The van der Waals surface area contributed by atoms with Crippen LogP contribution in [-0.2, 0) is 6.54 Å². The molecule has 1 fully saturated rings. The molecule has 0 radical (unpaired) electrons. The van der Waals surface area contributed by atoms with E-state index in [1.54, 1.807) is 6.20 Å². The number of halogens is 1. The molecule has 1 aromatic heterocycles. The third kappa shape index (κ3) is 1.48. The van der Waals surface area contributed by atoms with Crippen LogP contribution >= 0.6 is 0 Å². The maximum absolute atomic E-state index is 12.4. The zero-order chi connectivity index (χ0) is 8.55. The molecule has 1 N–H and O–H groups in total. The van der Waals surface area contributed by atoms with Crippen molar-refractivity contribution in [1.29, 1.82) is 0 Å². The second-order valence-electron chi connectivity index (χ2n) is 3.29. The summed E-state index contributed by atoms with van der Waals surface area (Å²) in [5, 5.41) is 0. The van der Waals surface area contributed by atoms with E-state index in [2.05, 4.69) is 14.9 Å². The Morgan fingerprint density at radius 2 is 2.50 bits per heavy atom. The first-order chi connectivity index (χ1) is 5.74. The van der Waals surface area contributed by atoms with Crippen LogP contribution in [-0.4, -0.2) is 34.1 Å². The van der Waals surface area contributed by atoms with Crippen LogP contribution in [0.5, 0.6) is 0 Å². The molecule has 1 saturated heterocycles. The lowest BCUT2D eigenvalue weighted by atomic mass is 10.2. The molecule has 3 nitrogen and oxygen atoms in total. The van der Waals surface area contributed by atoms with Gasteiger partial charge in [0.15, 0.2) is 0 Å². The first-order valence-electron chi connectivity index (χ1n) is 4.11. The number of aryl methyl sites for hydroxylation is 1. The Morgan fingerprint density at radius 3 is 3.00 bits per heavy atom. The highest BCUT2D eigenvalue weighted by Crippen LogP contribution is 2.13. The van der Waals surface area contributed by atoms with E-state index in [1.807, 2.05) is 6.92 Å². The molecule has 1 aliphatic rings. The number of likely N-dealkylation sites (tertiary alicyclic amines) is 1. The number of H-pyrrole nitrogens is 1. The standard InChI is InChI=1S/C8H12FN3/c1-6-10-2-8(11-6)5-12-3-7(9)4-12/h2,7H,3-5H2,1H3,(H,10,11). The molecule has 0 amide bonds. The van der Waals surface area contributed by atoms with Crippen molar-refractivity contribution in [3.8, 4) is 0 Å². The Hall–Kier alpha value is -0.900. The minimum atomic E-state index is -0.617. The molecule has 66 valence electrons. The average Bonchev–Trinajstić information content (AvgIpc) is 2.33. The van der Waals surface area contributed by atoms with Gasteiger partial charge in [0.1, 0.15) is 12.0 Å². The monoisotopic (exact) mass is 169 g/mol. The maximum atomic E-state index is 12.4. The lowest BCUT2D eigenvalue weighted by Gasteiger charge is -2.33. The highest BCUT2D eigenvalue weighted by Gasteiger charge is 2.25. The molecule has 4 heteroatoms. The maximum Gasteiger partial charge on any atom is 0.125 e. The highest BCUT2D eigenvalue weighted by atomic mass is 19.1. The molecule has 1 aromatic rings. The largest absolute Gasteiger partial charge is 0.345 e. The Bertz CT molecular complexity index is 265. The summed E-state index contributed by atoms with van der Waals surface area (Å²) < 4.78 is 12.4. The molecule has 0 aromatic carbocycles. The van der Waals surface area contributed by atoms with E-state index in [0.717, 1.165) is 18.1 Å². The predicted octanol–water partition coefficient (Wildman–Crippen LogP) is 0.872. The van der Waals surface area contributed by atoms with Crippen molar-refractivity contribution in [2.24, 2.45) is 0 Å². The van der Waals surface area contributed by atoms with Crippen molar-refractivity contribution in [1.82, 2.24) is 14.9 Å². The summed E-state index contributed by atoms with van der Waals surface area (Å²) in [7, 11) is 0. The number of hydrogen-bond donors (Lipinski definition) is 1. The van der Waals surface area contributed by atoms with E-state index < -0.39 is 6.17 Å². The van der Waals surface area contributed by atoms with Gasteiger partial charge in [-0.15, -0.1) is 0 Å². The molecule has 12 heavy (non-hydrogen) atoms. The summed E-state index contributed by atoms with van der Waals surface area (Å²) in [5.41, 5.74) is 1.07. The minimum Gasteiger partial charge on any atom is -0.345 e. The smallest absolute Gasteiger partial charge is 0.125 e. The van der Waals surface area contributed by atoms with Crippen LogP contribution in [0.2, 0.25) is 0 Å². The van der Waals surface area contributed by atoms with E-state index in [9.17, 15) is 4.39 Å². The van der Waals surface area contributed by atoms with E-state index >= 15 is 0 Å². The lowest BCUT2D eigenvalue weighted by molar-refractivity contribution is 0.0581. The van der Waals surface area contributed by atoms with Crippen molar-refractivity contribution in [3.05, 3.63) is 17.7 Å². The normalized spacial score (nSPS) is 19.5. The highest BCUT2D eigenvalue weighted by molar-refractivity contribution is 5.01. The molecule has 0 saturated carbocycles. The van der Waals surface area contributed by atoms with Crippen molar-refractivity contribution in [2.75, 3.05) is 13.1 Å². The quantitative estimate of drug-likeness (QED) is 0.712. The van der Waals surface area contributed by atoms with Crippen LogP contribution in [0, 0.1) is 6.92 Å². The molecule has 0 aliphatic carbocycles. The summed E-state index contributed by atoms with van der Waals surface area (Å²) in [6, 6.07) is 0. The number of alkyl halides is 1. The fraction of sp³-hybridized carbons (Fsp3) is 0.625. The molecular weight excluding hydrogens is 157 g/mol. The number of nitrogens with one attached hydrogen (secondary N) is 1. The van der Waals surface area contributed by atoms with Crippen LogP contribution in [0.3, 0.4) is 0 Å². The van der Waals surface area contributed by atoms with E-state index in [0.29, 0.717) is 13.1 Å². The lowest BCUT2D eigenvalue weighted by Crippen LogP contribution is -2.47. The van der Waals surface area contributed by atoms with Gasteiger partial charge in [-0.05, 0) is 6.92 Å². The fourth-order valence-electron chi connectivity index (χ4n) is 1.43. The number of aromatic amines is 1. The van der Waals surface area contributed by atoms with Gasteiger partial charge in [-0.3, -0.25) is 4.90 Å². The van der Waals surface area contributed by atoms with E-state index in [1.165, 1.54) is 0 Å². The van der Waals surface area contributed by atoms with Crippen molar-refractivity contribution in [3.63, 3.8) is 0 Å². The van der Waals surface area contributed by atoms with Gasteiger partial charge in [-0.25, -0.2) is 9.37 Å². The average molecular weight is 169 g/mol. The summed E-state index contributed by atoms with van der Waals surface area (Å²) in [6.07, 6.45) is 1.19. The second kappa shape index (κ2) is 2.86. The van der Waals surface area contributed by atoms with Gasteiger partial charge in [0, 0.05) is 31.5 Å². The molecule has 0 bridgehead atoms. The SMILES string of the molecule is Cc1ncc(CN2CC(F)C2)[nH]1. The van der Waals surface area contributed by atoms with Crippen LogP contribution in [0.25, 0.3) is 0 Å². The van der Waals surface area contributed by atoms with Crippen LogP contribution < -0.4 is 0 Å². The zero-order valence-corrected chi connectivity index (χ0v) is 7.05. The second-order valence-corrected chi connectivity index (χ2v) is 3.29. The number of imidazole rings is 1. The minimum absolute atomic E-state index is 0.568. The summed E-state index contributed by atoms with van der Waals surface area (Å²) in [6.45, 7) is 3.84. The Morgan fingerprint density at radius 1 is 1.75 bits per heavy atom. The van der Waals surface area contributed by atoms with Gasteiger partial charge >= 0.3 is 0 Å². The fourth-order valence-corrected chi connectivity index (χ4v) is 1.43. The Labute approximate surface area is 70.6 Å². The van der Waals surface area contributed by atoms with Gasteiger partial charge in [0.25, 0.3) is 0 Å². The van der Waals surface area contributed by atoms with Crippen LogP contribution in [0.4, 0.5) is 4.39 Å². The number of nitrogens with zero attached hydrogens (tertiary/aromatic N) is 2. The van der Waals surface area contributed by atoms with Gasteiger partial charge in [-0.1, -0.05) is 0 Å². The summed E-state index contributed by atoms with van der Waals surface area (Å²) in [5.74, 6) is 0.919. The van der Waals surface area contributed by atoms with Crippen molar-refractivity contribution >= 4 is 0 Å². The number of aromatic nitrogens is 2. The molecule has 2 heterocycles. The number of rotatable bonds is 2. The number of hydrogen-bond acceptors (Lipinski definition) is 2. The van der Waals surface area contributed by atoms with Gasteiger partial charge in [0.05, 0.1) is 0 Å². The Kier molecular flexibility index (Phi) is 1.84. The zero-order valence-electron chi connectivity index (χ0n) is 7.05. The third-order valence-corrected chi connectivity index (χ3v) is 2.06. The molecule has 0 spiro atoms. The van der Waals surface area contributed by atoms with Crippen molar-refractivity contribution < 1.29 is 4.39 Å². The molecular formula is C8H12FN3. The summed E-state index contributed by atoms with van der Waals surface area (Å²) in [4.78, 5) is 9.24.